The first-order valence-corrected chi connectivity index (χ1v) is 6.54. The lowest BCUT2D eigenvalue weighted by Crippen LogP contribution is -2.40. The van der Waals surface area contributed by atoms with Crippen LogP contribution in [-0.2, 0) is 4.79 Å². The van der Waals surface area contributed by atoms with Crippen molar-refractivity contribution < 1.29 is 9.59 Å². The molecule has 0 spiro atoms. The summed E-state index contributed by atoms with van der Waals surface area (Å²) in [5.74, 6) is 0.115. The van der Waals surface area contributed by atoms with Crippen molar-refractivity contribution in [3.05, 3.63) is 48.0 Å². The number of benzene rings is 2. The Morgan fingerprint density at radius 1 is 1.05 bits per heavy atom. The van der Waals surface area contributed by atoms with E-state index in [1.54, 1.807) is 4.90 Å². The molecule has 1 heterocycles. The molecule has 0 unspecified atom stereocenters. The highest BCUT2D eigenvalue weighted by molar-refractivity contribution is 6.08. The molecule has 3 rings (SSSR count). The van der Waals surface area contributed by atoms with Gasteiger partial charge in [0.2, 0.25) is 0 Å². The van der Waals surface area contributed by atoms with Gasteiger partial charge in [0.15, 0.2) is 5.78 Å². The van der Waals surface area contributed by atoms with E-state index in [0.717, 1.165) is 17.2 Å². The SMILES string of the molecule is O=C1CCCN(C(=O)c2cccc3ccccc23)C1. The lowest BCUT2D eigenvalue weighted by Gasteiger charge is -2.26. The number of ketones is 1. The van der Waals surface area contributed by atoms with Crippen LogP contribution in [0.2, 0.25) is 0 Å². The van der Waals surface area contributed by atoms with Gasteiger partial charge in [0.05, 0.1) is 6.54 Å². The first kappa shape index (κ1) is 11.9. The van der Waals surface area contributed by atoms with Gasteiger partial charge in [-0.1, -0.05) is 36.4 Å². The summed E-state index contributed by atoms with van der Waals surface area (Å²) >= 11 is 0. The van der Waals surface area contributed by atoms with E-state index < -0.39 is 0 Å². The van der Waals surface area contributed by atoms with Gasteiger partial charge in [0, 0.05) is 18.5 Å². The number of carbonyl (C=O) groups excluding carboxylic acids is 2. The molecule has 3 heteroatoms. The molecule has 1 saturated heterocycles. The van der Waals surface area contributed by atoms with Crippen molar-refractivity contribution in [2.24, 2.45) is 0 Å². The maximum atomic E-state index is 12.5. The monoisotopic (exact) mass is 253 g/mol. The molecule has 0 N–H and O–H groups in total. The van der Waals surface area contributed by atoms with Crippen LogP contribution in [0.3, 0.4) is 0 Å². The quantitative estimate of drug-likeness (QED) is 0.783. The minimum atomic E-state index is -0.0372. The lowest BCUT2D eigenvalue weighted by molar-refractivity contribution is -0.121. The van der Waals surface area contributed by atoms with Gasteiger partial charge in [-0.2, -0.15) is 0 Å². The molecule has 2 aromatic rings. The van der Waals surface area contributed by atoms with E-state index in [1.807, 2.05) is 42.5 Å². The Bertz CT molecular complexity index is 643. The van der Waals surface area contributed by atoms with Gasteiger partial charge in [-0.3, -0.25) is 9.59 Å². The summed E-state index contributed by atoms with van der Waals surface area (Å²) in [5.41, 5.74) is 0.688. The van der Waals surface area contributed by atoms with Crippen molar-refractivity contribution in [3.8, 4) is 0 Å². The summed E-state index contributed by atoms with van der Waals surface area (Å²) in [7, 11) is 0. The van der Waals surface area contributed by atoms with Crippen LogP contribution in [0.15, 0.2) is 42.5 Å². The number of amides is 1. The van der Waals surface area contributed by atoms with Crippen LogP contribution in [0.4, 0.5) is 0 Å². The third-order valence-corrected chi connectivity index (χ3v) is 3.56. The number of piperidine rings is 1. The van der Waals surface area contributed by atoms with E-state index in [1.165, 1.54) is 0 Å². The molecule has 0 atom stereocenters. The van der Waals surface area contributed by atoms with Gasteiger partial charge in [0.25, 0.3) is 5.91 Å². The van der Waals surface area contributed by atoms with Crippen LogP contribution >= 0.6 is 0 Å². The zero-order valence-electron chi connectivity index (χ0n) is 10.6. The summed E-state index contributed by atoms with van der Waals surface area (Å²) in [6.45, 7) is 0.926. The molecule has 1 fully saturated rings. The summed E-state index contributed by atoms with van der Waals surface area (Å²) in [6.07, 6.45) is 1.37. The number of hydrogen-bond acceptors (Lipinski definition) is 2. The van der Waals surface area contributed by atoms with Crippen molar-refractivity contribution in [2.45, 2.75) is 12.8 Å². The smallest absolute Gasteiger partial charge is 0.254 e. The maximum Gasteiger partial charge on any atom is 0.254 e. The number of carbonyl (C=O) groups is 2. The van der Waals surface area contributed by atoms with Gasteiger partial charge in [-0.15, -0.1) is 0 Å². The molecule has 0 saturated carbocycles. The average molecular weight is 253 g/mol. The molecule has 1 amide bonds. The molecule has 0 bridgehead atoms. The topological polar surface area (TPSA) is 37.4 Å². The molecule has 96 valence electrons. The average Bonchev–Trinajstić information content (AvgIpc) is 2.46. The van der Waals surface area contributed by atoms with Crippen LogP contribution < -0.4 is 0 Å². The molecule has 1 aliphatic heterocycles. The van der Waals surface area contributed by atoms with Crippen molar-refractivity contribution in [2.75, 3.05) is 13.1 Å². The van der Waals surface area contributed by atoms with E-state index in [9.17, 15) is 9.59 Å². The molecule has 19 heavy (non-hydrogen) atoms. The standard InChI is InChI=1S/C16H15NO2/c18-13-7-4-10-17(11-13)16(19)15-9-3-6-12-5-1-2-8-14(12)15/h1-3,5-6,8-9H,4,7,10-11H2. The summed E-state index contributed by atoms with van der Waals surface area (Å²) in [5, 5.41) is 2.00. The number of fused-ring (bicyclic) bond motifs is 1. The van der Waals surface area contributed by atoms with E-state index in [-0.39, 0.29) is 18.2 Å². The van der Waals surface area contributed by atoms with Gasteiger partial charge >= 0.3 is 0 Å². The maximum absolute atomic E-state index is 12.5. The highest BCUT2D eigenvalue weighted by Gasteiger charge is 2.23. The fraction of sp³-hybridized carbons (Fsp3) is 0.250. The molecule has 0 aliphatic carbocycles. The van der Waals surface area contributed by atoms with E-state index in [4.69, 9.17) is 0 Å². The number of hydrogen-bond donors (Lipinski definition) is 0. The summed E-state index contributed by atoms with van der Waals surface area (Å²) < 4.78 is 0. The van der Waals surface area contributed by atoms with Crippen LogP contribution in [0.5, 0.6) is 0 Å². The zero-order valence-corrected chi connectivity index (χ0v) is 10.6. The van der Waals surface area contributed by atoms with Crippen molar-refractivity contribution in [1.29, 1.82) is 0 Å². The predicted molar refractivity (Wildman–Crippen MR) is 74.1 cm³/mol. The molecule has 3 nitrogen and oxygen atoms in total. The van der Waals surface area contributed by atoms with Gasteiger partial charge < -0.3 is 4.90 Å². The Morgan fingerprint density at radius 3 is 2.68 bits per heavy atom. The third kappa shape index (κ3) is 2.24. The molecule has 0 radical (unpaired) electrons. The Kier molecular flexibility index (Phi) is 3.03. The normalized spacial score (nSPS) is 15.8. The Labute approximate surface area is 111 Å². The van der Waals surface area contributed by atoms with Gasteiger partial charge in [-0.05, 0) is 23.3 Å². The van der Waals surface area contributed by atoms with E-state index >= 15 is 0 Å². The lowest BCUT2D eigenvalue weighted by atomic mass is 10.0. The fourth-order valence-corrected chi connectivity index (χ4v) is 2.59. The van der Waals surface area contributed by atoms with Crippen LogP contribution in [-0.4, -0.2) is 29.7 Å². The summed E-state index contributed by atoms with van der Waals surface area (Å²) in [6, 6.07) is 13.6. The third-order valence-electron chi connectivity index (χ3n) is 3.56. The first-order valence-electron chi connectivity index (χ1n) is 6.54. The Balaban J connectivity index is 1.99. The molecular formula is C16H15NO2. The number of likely N-dealkylation sites (tertiary alicyclic amines) is 1. The highest BCUT2D eigenvalue weighted by atomic mass is 16.2. The van der Waals surface area contributed by atoms with Gasteiger partial charge in [0.1, 0.15) is 0 Å². The van der Waals surface area contributed by atoms with E-state index in [0.29, 0.717) is 18.5 Å². The number of rotatable bonds is 1. The Hall–Kier alpha value is -2.16. The van der Waals surface area contributed by atoms with Crippen LogP contribution in [0, 0.1) is 0 Å². The molecule has 0 aromatic heterocycles. The predicted octanol–water partition coefficient (Wildman–Crippen LogP) is 2.64. The second-order valence-electron chi connectivity index (χ2n) is 4.90. The summed E-state index contributed by atoms with van der Waals surface area (Å²) in [4.78, 5) is 25.7. The molecule has 2 aromatic carbocycles. The second kappa shape index (κ2) is 4.84. The second-order valence-corrected chi connectivity index (χ2v) is 4.90. The Morgan fingerprint density at radius 2 is 1.84 bits per heavy atom. The largest absolute Gasteiger partial charge is 0.331 e. The van der Waals surface area contributed by atoms with Crippen molar-refractivity contribution in [1.82, 2.24) is 4.90 Å². The fourth-order valence-electron chi connectivity index (χ4n) is 2.59. The number of Topliss-reactive ketones (excluding diaryl/α,β-unsaturated/α-hetero) is 1. The zero-order chi connectivity index (χ0) is 13.2. The van der Waals surface area contributed by atoms with E-state index in [2.05, 4.69) is 0 Å². The molecule has 1 aliphatic rings. The molecular weight excluding hydrogens is 238 g/mol. The van der Waals surface area contributed by atoms with Crippen molar-refractivity contribution in [3.63, 3.8) is 0 Å². The minimum Gasteiger partial charge on any atom is -0.331 e. The first-order chi connectivity index (χ1) is 9.25. The van der Waals surface area contributed by atoms with Crippen molar-refractivity contribution >= 4 is 22.5 Å². The highest BCUT2D eigenvalue weighted by Crippen LogP contribution is 2.21. The minimum absolute atomic E-state index is 0.0372. The van der Waals surface area contributed by atoms with Crippen LogP contribution in [0.25, 0.3) is 10.8 Å². The van der Waals surface area contributed by atoms with Crippen LogP contribution in [0.1, 0.15) is 23.2 Å². The number of nitrogens with zero attached hydrogens (tertiary/aromatic N) is 1. The van der Waals surface area contributed by atoms with Gasteiger partial charge in [-0.25, -0.2) is 0 Å².